The Balaban J connectivity index is 0. The van der Waals surface area contributed by atoms with Gasteiger partial charge in [-0.2, -0.15) is 11.8 Å². The van der Waals surface area contributed by atoms with Crippen LogP contribution in [0, 0.1) is 0 Å². The second kappa shape index (κ2) is 30.0. The maximum atomic E-state index is 9.33. The number of nitrogens with two attached hydrogens (primary N) is 1. The molecule has 0 bridgehead atoms. The lowest BCUT2D eigenvalue weighted by Gasteiger charge is -2.24. The zero-order chi connectivity index (χ0) is 25.0. The smallest absolute Gasteiger partial charge is 0.183 e. The fraction of sp³-hybridized carbons (Fsp3) is 1.00. The highest BCUT2D eigenvalue weighted by atomic mass is 32.2. The molecule has 0 saturated heterocycles. The van der Waals surface area contributed by atoms with Crippen molar-refractivity contribution < 1.29 is 38.3 Å². The van der Waals surface area contributed by atoms with Gasteiger partial charge in [0.2, 0.25) is 0 Å². The molecule has 0 saturated carbocycles. The van der Waals surface area contributed by atoms with Crippen molar-refractivity contribution in [3.05, 3.63) is 0 Å². The van der Waals surface area contributed by atoms with Crippen molar-refractivity contribution in [2.24, 2.45) is 5.73 Å². The van der Waals surface area contributed by atoms with E-state index in [2.05, 4.69) is 6.26 Å². The van der Waals surface area contributed by atoms with Crippen molar-refractivity contribution in [2.75, 3.05) is 91.2 Å². The lowest BCUT2D eigenvalue weighted by Crippen LogP contribution is -2.32. The SMILES string of the molecule is CCCOC(OC(C)CC)[C@H](C)O.CSCCOCCOCCOCCOCCOCCN. The van der Waals surface area contributed by atoms with Crippen LogP contribution >= 0.6 is 11.8 Å². The van der Waals surface area contributed by atoms with E-state index in [9.17, 15) is 5.11 Å². The van der Waals surface area contributed by atoms with Crippen LogP contribution in [0.2, 0.25) is 0 Å². The Labute approximate surface area is 206 Å². The van der Waals surface area contributed by atoms with Crippen LogP contribution in [0.4, 0.5) is 0 Å². The maximum Gasteiger partial charge on any atom is 0.183 e. The monoisotopic (exact) mass is 501 g/mol. The van der Waals surface area contributed by atoms with Gasteiger partial charge in [-0.1, -0.05) is 13.8 Å². The highest BCUT2D eigenvalue weighted by Crippen LogP contribution is 2.08. The first kappa shape index (κ1) is 35.2. The molecular formula is C23H51NO8S. The van der Waals surface area contributed by atoms with Crippen LogP contribution in [-0.4, -0.2) is 115 Å². The molecule has 0 aromatic carbocycles. The van der Waals surface area contributed by atoms with Crippen LogP contribution in [-0.2, 0) is 33.2 Å². The lowest BCUT2D eigenvalue weighted by atomic mass is 10.3. The Bertz CT molecular complexity index is 338. The molecule has 0 fully saturated rings. The van der Waals surface area contributed by atoms with Crippen LogP contribution in [0.3, 0.4) is 0 Å². The predicted molar refractivity (Wildman–Crippen MR) is 134 cm³/mol. The average Bonchev–Trinajstić information content (AvgIpc) is 2.81. The molecule has 0 aliphatic rings. The first-order chi connectivity index (χ1) is 16.0. The van der Waals surface area contributed by atoms with Crippen LogP contribution in [0.15, 0.2) is 0 Å². The number of hydrogen-bond donors (Lipinski definition) is 2. The van der Waals surface area contributed by atoms with Gasteiger partial charge < -0.3 is 44.0 Å². The van der Waals surface area contributed by atoms with Crippen LogP contribution in [0.25, 0.3) is 0 Å². The molecule has 9 nitrogen and oxygen atoms in total. The standard InChI is InChI=1S/C13H29NO5S.C10H22O3/c1-20-13-12-19-11-10-18-9-8-17-7-6-16-5-4-15-3-2-14;1-5-7-12-10(9(4)11)13-8(3)6-2/h2-14H2,1H3;8-11H,5-7H2,1-4H3/t;8?,9-,10?/m.0/s1. The Morgan fingerprint density at radius 3 is 1.55 bits per heavy atom. The third-order valence-corrected chi connectivity index (χ3v) is 4.58. The van der Waals surface area contributed by atoms with Crippen molar-refractivity contribution in [3.8, 4) is 0 Å². The molecule has 3 N–H and O–H groups in total. The normalized spacial score (nSPS) is 13.9. The first-order valence-electron chi connectivity index (χ1n) is 12.1. The van der Waals surface area contributed by atoms with E-state index in [1.165, 1.54) is 0 Å². The highest BCUT2D eigenvalue weighted by Gasteiger charge is 2.17. The lowest BCUT2D eigenvalue weighted by molar-refractivity contribution is -0.209. The molecule has 0 aromatic rings. The van der Waals surface area contributed by atoms with Crippen molar-refractivity contribution in [2.45, 2.75) is 59.0 Å². The summed E-state index contributed by atoms with van der Waals surface area (Å²) in [5.74, 6) is 1.03. The third kappa shape index (κ3) is 30.0. The number of ether oxygens (including phenoxy) is 7. The molecule has 202 valence electrons. The van der Waals surface area contributed by atoms with Gasteiger partial charge in [-0.25, -0.2) is 0 Å². The van der Waals surface area contributed by atoms with Crippen LogP contribution in [0.1, 0.15) is 40.5 Å². The summed E-state index contributed by atoms with van der Waals surface area (Å²) in [6, 6.07) is 0. The van der Waals surface area contributed by atoms with E-state index in [4.69, 9.17) is 38.9 Å². The molecule has 0 amide bonds. The Kier molecular flexibility index (Phi) is 32.0. The van der Waals surface area contributed by atoms with Gasteiger partial charge in [0.15, 0.2) is 6.29 Å². The fourth-order valence-electron chi connectivity index (χ4n) is 2.06. The van der Waals surface area contributed by atoms with Gasteiger partial charge in [-0.05, 0) is 32.9 Å². The van der Waals surface area contributed by atoms with Gasteiger partial charge in [0.25, 0.3) is 0 Å². The molecule has 0 aliphatic carbocycles. The fourth-order valence-corrected chi connectivity index (χ4v) is 2.34. The van der Waals surface area contributed by atoms with Crippen LogP contribution < -0.4 is 5.73 Å². The quantitative estimate of drug-likeness (QED) is 0.151. The minimum Gasteiger partial charge on any atom is -0.388 e. The van der Waals surface area contributed by atoms with Gasteiger partial charge in [0.1, 0.15) is 6.10 Å². The summed E-state index contributed by atoms with van der Waals surface area (Å²) in [4.78, 5) is 0. The molecule has 0 rings (SSSR count). The van der Waals surface area contributed by atoms with Gasteiger partial charge in [0.05, 0.1) is 72.2 Å². The number of aliphatic hydroxyl groups is 1. The molecule has 0 aromatic heterocycles. The van der Waals surface area contributed by atoms with E-state index in [1.54, 1.807) is 18.7 Å². The van der Waals surface area contributed by atoms with E-state index >= 15 is 0 Å². The van der Waals surface area contributed by atoms with Crippen molar-refractivity contribution in [1.82, 2.24) is 0 Å². The summed E-state index contributed by atoms with van der Waals surface area (Å²) in [5, 5.41) is 9.33. The summed E-state index contributed by atoms with van der Waals surface area (Å²) in [6.45, 7) is 15.0. The van der Waals surface area contributed by atoms with E-state index in [-0.39, 0.29) is 6.10 Å². The van der Waals surface area contributed by atoms with E-state index in [0.717, 1.165) is 25.2 Å². The second-order valence-electron chi connectivity index (χ2n) is 7.18. The van der Waals surface area contributed by atoms with Gasteiger partial charge >= 0.3 is 0 Å². The zero-order valence-electron chi connectivity index (χ0n) is 21.6. The Morgan fingerprint density at radius 1 is 0.727 bits per heavy atom. The van der Waals surface area contributed by atoms with E-state index in [0.29, 0.717) is 72.6 Å². The minimum absolute atomic E-state index is 0.136. The van der Waals surface area contributed by atoms with E-state index in [1.807, 2.05) is 20.8 Å². The maximum absolute atomic E-state index is 9.33. The predicted octanol–water partition coefficient (Wildman–Crippen LogP) is 2.33. The first-order valence-corrected chi connectivity index (χ1v) is 13.5. The van der Waals surface area contributed by atoms with Gasteiger partial charge in [-0.3, -0.25) is 0 Å². The molecule has 10 heteroatoms. The molecular weight excluding hydrogens is 450 g/mol. The summed E-state index contributed by atoms with van der Waals surface area (Å²) in [6.07, 6.45) is 3.02. The van der Waals surface area contributed by atoms with Gasteiger partial charge in [-0.15, -0.1) is 0 Å². The summed E-state index contributed by atoms with van der Waals surface area (Å²) < 4.78 is 37.4. The summed E-state index contributed by atoms with van der Waals surface area (Å²) in [5.41, 5.74) is 5.28. The number of aliphatic hydroxyl groups excluding tert-OH is 1. The van der Waals surface area contributed by atoms with Gasteiger partial charge in [0, 0.05) is 18.9 Å². The molecule has 0 spiro atoms. The summed E-state index contributed by atoms with van der Waals surface area (Å²) in [7, 11) is 0. The number of thioether (sulfide) groups is 1. The Hall–Kier alpha value is -0.0100. The second-order valence-corrected chi connectivity index (χ2v) is 8.16. The number of hydrogen-bond acceptors (Lipinski definition) is 10. The summed E-state index contributed by atoms with van der Waals surface area (Å²) >= 11 is 1.78. The molecule has 3 atom stereocenters. The average molecular weight is 502 g/mol. The van der Waals surface area contributed by atoms with Crippen LogP contribution in [0.5, 0.6) is 0 Å². The molecule has 2 unspecified atom stereocenters. The van der Waals surface area contributed by atoms with Crippen molar-refractivity contribution in [3.63, 3.8) is 0 Å². The molecule has 33 heavy (non-hydrogen) atoms. The molecule has 0 heterocycles. The third-order valence-electron chi connectivity index (χ3n) is 4.00. The van der Waals surface area contributed by atoms with E-state index < -0.39 is 12.4 Å². The molecule has 0 aliphatic heterocycles. The van der Waals surface area contributed by atoms with Crippen molar-refractivity contribution in [1.29, 1.82) is 0 Å². The zero-order valence-corrected chi connectivity index (χ0v) is 22.4. The van der Waals surface area contributed by atoms with Crippen molar-refractivity contribution >= 4 is 11.8 Å². The topological polar surface area (TPSA) is 111 Å². The number of rotatable bonds is 24. The minimum atomic E-state index is -0.569. The highest BCUT2D eigenvalue weighted by molar-refractivity contribution is 7.98. The Morgan fingerprint density at radius 2 is 1.18 bits per heavy atom. The largest absolute Gasteiger partial charge is 0.388 e. The molecule has 0 radical (unpaired) electrons.